The molecule has 94 valence electrons. The van der Waals surface area contributed by atoms with Crippen molar-refractivity contribution in [2.75, 3.05) is 7.11 Å². The molecule has 0 aromatic heterocycles. The number of benzene rings is 2. The van der Waals surface area contributed by atoms with Gasteiger partial charge in [-0.1, -0.05) is 30.4 Å². The summed E-state index contributed by atoms with van der Waals surface area (Å²) in [7, 11) is 1.52. The number of hydrogen-bond acceptors (Lipinski definition) is 3. The van der Waals surface area contributed by atoms with Crippen LogP contribution in [0, 0.1) is 11.3 Å². The molecule has 0 aliphatic carbocycles. The first kappa shape index (κ1) is 12.7. The molecule has 0 saturated heterocycles. The van der Waals surface area contributed by atoms with E-state index in [0.717, 1.165) is 11.1 Å². The molecule has 0 atom stereocenters. The van der Waals surface area contributed by atoms with Gasteiger partial charge in [0.1, 0.15) is 0 Å². The average Bonchev–Trinajstić information content (AvgIpc) is 2.47. The number of phenolic OH excluding ortho intramolecular Hbond substituents is 1. The van der Waals surface area contributed by atoms with Crippen molar-refractivity contribution in [2.45, 2.75) is 0 Å². The molecule has 0 bridgehead atoms. The highest BCUT2D eigenvalue weighted by Gasteiger charge is 2.00. The van der Waals surface area contributed by atoms with E-state index in [0.29, 0.717) is 11.3 Å². The first-order valence-electron chi connectivity index (χ1n) is 5.78. The maximum atomic E-state index is 9.50. The molecule has 19 heavy (non-hydrogen) atoms. The number of phenols is 1. The summed E-state index contributed by atoms with van der Waals surface area (Å²) < 4.78 is 5.05. The normalized spacial score (nSPS) is 10.3. The van der Waals surface area contributed by atoms with Crippen LogP contribution in [-0.2, 0) is 0 Å². The van der Waals surface area contributed by atoms with Crippen LogP contribution < -0.4 is 4.74 Å². The summed E-state index contributed by atoms with van der Waals surface area (Å²) in [5, 5.41) is 18.2. The summed E-state index contributed by atoms with van der Waals surface area (Å²) in [5.74, 6) is 0.569. The third kappa shape index (κ3) is 3.14. The fraction of sp³-hybridized carbons (Fsp3) is 0.0625. The van der Waals surface area contributed by atoms with Crippen molar-refractivity contribution in [3.05, 3.63) is 59.2 Å². The second-order valence-corrected chi connectivity index (χ2v) is 4.00. The smallest absolute Gasteiger partial charge is 0.161 e. The van der Waals surface area contributed by atoms with Crippen molar-refractivity contribution in [1.82, 2.24) is 0 Å². The van der Waals surface area contributed by atoms with Gasteiger partial charge in [0.05, 0.1) is 18.7 Å². The van der Waals surface area contributed by atoms with Gasteiger partial charge in [-0.05, 0) is 35.4 Å². The van der Waals surface area contributed by atoms with Crippen molar-refractivity contribution in [3.63, 3.8) is 0 Å². The lowest BCUT2D eigenvalue weighted by Gasteiger charge is -2.03. The molecule has 0 spiro atoms. The number of methoxy groups -OCH3 is 1. The second-order valence-electron chi connectivity index (χ2n) is 4.00. The lowest BCUT2D eigenvalue weighted by molar-refractivity contribution is 0.373. The molecule has 3 nitrogen and oxygen atoms in total. The van der Waals surface area contributed by atoms with E-state index in [1.165, 1.54) is 7.11 Å². The number of ether oxygens (including phenoxy) is 1. The Balaban J connectivity index is 2.20. The minimum absolute atomic E-state index is 0.123. The van der Waals surface area contributed by atoms with Crippen LogP contribution in [-0.4, -0.2) is 12.2 Å². The molecule has 2 rings (SSSR count). The van der Waals surface area contributed by atoms with Gasteiger partial charge >= 0.3 is 0 Å². The van der Waals surface area contributed by atoms with Crippen LogP contribution in [0.1, 0.15) is 16.7 Å². The van der Waals surface area contributed by atoms with Gasteiger partial charge in [-0.25, -0.2) is 0 Å². The van der Waals surface area contributed by atoms with Crippen LogP contribution in [0.25, 0.3) is 12.2 Å². The van der Waals surface area contributed by atoms with Gasteiger partial charge < -0.3 is 9.84 Å². The zero-order valence-electron chi connectivity index (χ0n) is 10.5. The van der Waals surface area contributed by atoms with Gasteiger partial charge in [-0.15, -0.1) is 0 Å². The largest absolute Gasteiger partial charge is 0.504 e. The zero-order valence-corrected chi connectivity index (χ0v) is 10.5. The van der Waals surface area contributed by atoms with Crippen LogP contribution >= 0.6 is 0 Å². The van der Waals surface area contributed by atoms with Gasteiger partial charge in [0.15, 0.2) is 11.5 Å². The topological polar surface area (TPSA) is 53.2 Å². The molecule has 0 heterocycles. The lowest BCUT2D eigenvalue weighted by Crippen LogP contribution is -1.84. The molecular weight excluding hydrogens is 238 g/mol. The fourth-order valence-corrected chi connectivity index (χ4v) is 1.66. The summed E-state index contributed by atoms with van der Waals surface area (Å²) in [6, 6.07) is 14.6. The molecule has 2 aromatic rings. The minimum atomic E-state index is 0.123. The van der Waals surface area contributed by atoms with Gasteiger partial charge in [0, 0.05) is 0 Å². The Morgan fingerprint density at radius 3 is 2.32 bits per heavy atom. The van der Waals surface area contributed by atoms with Crippen LogP contribution in [0.4, 0.5) is 0 Å². The maximum absolute atomic E-state index is 9.50. The van der Waals surface area contributed by atoms with Crippen LogP contribution in [0.2, 0.25) is 0 Å². The van der Waals surface area contributed by atoms with Crippen molar-refractivity contribution in [2.24, 2.45) is 0 Å². The lowest BCUT2D eigenvalue weighted by atomic mass is 10.1. The molecule has 3 heteroatoms. The standard InChI is InChI=1S/C16H13NO2/c1-19-16-10-13(8-9-15(16)18)5-2-12-3-6-14(11-17)7-4-12/h2-10,18H,1H3/b5-2+. The molecular formula is C16H13NO2. The number of nitrogens with zero attached hydrogens (tertiary/aromatic N) is 1. The van der Waals surface area contributed by atoms with Gasteiger partial charge in [-0.3, -0.25) is 0 Å². The van der Waals surface area contributed by atoms with Crippen molar-refractivity contribution < 1.29 is 9.84 Å². The summed E-state index contributed by atoms with van der Waals surface area (Å²) in [4.78, 5) is 0. The van der Waals surface area contributed by atoms with Crippen LogP contribution in [0.15, 0.2) is 42.5 Å². The summed E-state index contributed by atoms with van der Waals surface area (Å²) in [5.41, 5.74) is 2.58. The molecule has 0 fully saturated rings. The van der Waals surface area contributed by atoms with Gasteiger partial charge in [0.2, 0.25) is 0 Å². The Morgan fingerprint density at radius 2 is 1.68 bits per heavy atom. The van der Waals surface area contributed by atoms with Crippen LogP contribution in [0.5, 0.6) is 11.5 Å². The number of hydrogen-bond donors (Lipinski definition) is 1. The summed E-state index contributed by atoms with van der Waals surface area (Å²) >= 11 is 0. The average molecular weight is 251 g/mol. The van der Waals surface area contributed by atoms with Crippen molar-refractivity contribution >= 4 is 12.2 Å². The van der Waals surface area contributed by atoms with Gasteiger partial charge in [-0.2, -0.15) is 5.26 Å². The zero-order chi connectivity index (χ0) is 13.7. The third-order valence-corrected chi connectivity index (χ3v) is 2.71. The Bertz CT molecular complexity index is 637. The summed E-state index contributed by atoms with van der Waals surface area (Å²) in [6.07, 6.45) is 3.86. The van der Waals surface area contributed by atoms with Crippen LogP contribution in [0.3, 0.4) is 0 Å². The van der Waals surface area contributed by atoms with Crippen molar-refractivity contribution in [3.8, 4) is 17.6 Å². The Hall–Kier alpha value is -2.73. The highest BCUT2D eigenvalue weighted by molar-refractivity contribution is 5.71. The van der Waals surface area contributed by atoms with E-state index in [1.54, 1.807) is 30.3 Å². The maximum Gasteiger partial charge on any atom is 0.161 e. The second kappa shape index (κ2) is 5.74. The molecule has 0 aliphatic rings. The minimum Gasteiger partial charge on any atom is -0.504 e. The van der Waals surface area contributed by atoms with Gasteiger partial charge in [0.25, 0.3) is 0 Å². The Morgan fingerprint density at radius 1 is 1.05 bits per heavy atom. The Labute approximate surface area is 112 Å². The quantitative estimate of drug-likeness (QED) is 0.850. The third-order valence-electron chi connectivity index (χ3n) is 2.71. The van der Waals surface area contributed by atoms with E-state index >= 15 is 0 Å². The number of aromatic hydroxyl groups is 1. The highest BCUT2D eigenvalue weighted by atomic mass is 16.5. The van der Waals surface area contributed by atoms with E-state index in [1.807, 2.05) is 24.3 Å². The summed E-state index contributed by atoms with van der Waals surface area (Å²) in [6.45, 7) is 0. The van der Waals surface area contributed by atoms with E-state index in [9.17, 15) is 5.11 Å². The van der Waals surface area contributed by atoms with E-state index < -0.39 is 0 Å². The van der Waals surface area contributed by atoms with E-state index in [-0.39, 0.29) is 5.75 Å². The number of nitriles is 1. The Kier molecular flexibility index (Phi) is 3.84. The first-order valence-corrected chi connectivity index (χ1v) is 5.78. The first-order chi connectivity index (χ1) is 9.22. The molecule has 1 N–H and O–H groups in total. The highest BCUT2D eigenvalue weighted by Crippen LogP contribution is 2.27. The fourth-order valence-electron chi connectivity index (χ4n) is 1.66. The molecule has 0 amide bonds. The molecule has 2 aromatic carbocycles. The van der Waals surface area contributed by atoms with Crippen molar-refractivity contribution in [1.29, 1.82) is 5.26 Å². The SMILES string of the molecule is COc1cc(/C=C/c2ccc(C#N)cc2)ccc1O. The predicted octanol–water partition coefficient (Wildman–Crippen LogP) is 3.44. The van der Waals surface area contributed by atoms with E-state index in [2.05, 4.69) is 6.07 Å². The molecule has 0 saturated carbocycles. The molecule has 0 radical (unpaired) electrons. The predicted molar refractivity (Wildman–Crippen MR) is 74.7 cm³/mol. The monoisotopic (exact) mass is 251 g/mol. The number of rotatable bonds is 3. The molecule has 0 aliphatic heterocycles. The molecule has 0 unspecified atom stereocenters. The van der Waals surface area contributed by atoms with E-state index in [4.69, 9.17) is 10.00 Å².